The molecule has 0 bridgehead atoms. The molecule has 2 aliphatic rings. The van der Waals surface area contributed by atoms with Crippen LogP contribution in [0.1, 0.15) is 44.5 Å². The summed E-state index contributed by atoms with van der Waals surface area (Å²) in [5.41, 5.74) is -0.306. The molecule has 0 aliphatic carbocycles. The van der Waals surface area contributed by atoms with Gasteiger partial charge in [0.05, 0.1) is 23.7 Å². The predicted octanol–water partition coefficient (Wildman–Crippen LogP) is 4.52. The van der Waals surface area contributed by atoms with Gasteiger partial charge in [-0.25, -0.2) is 14.0 Å². The van der Waals surface area contributed by atoms with Crippen molar-refractivity contribution in [2.24, 2.45) is 0 Å². The molecule has 0 radical (unpaired) electrons. The van der Waals surface area contributed by atoms with Crippen molar-refractivity contribution in [1.82, 2.24) is 9.88 Å². The van der Waals surface area contributed by atoms with Gasteiger partial charge in [0, 0.05) is 19.3 Å². The van der Waals surface area contributed by atoms with E-state index in [4.69, 9.17) is 14.2 Å². The third-order valence-corrected chi connectivity index (χ3v) is 6.23. The van der Waals surface area contributed by atoms with Crippen molar-refractivity contribution in [3.8, 4) is 17.2 Å². The van der Waals surface area contributed by atoms with Crippen molar-refractivity contribution in [2.75, 3.05) is 24.6 Å². The molecule has 10 heteroatoms. The van der Waals surface area contributed by atoms with Crippen LogP contribution in [0.5, 0.6) is 11.5 Å². The highest BCUT2D eigenvalue weighted by Crippen LogP contribution is 2.47. The van der Waals surface area contributed by atoms with Gasteiger partial charge in [-0.3, -0.25) is 4.79 Å². The van der Waals surface area contributed by atoms with Crippen LogP contribution in [-0.4, -0.2) is 48.0 Å². The summed E-state index contributed by atoms with van der Waals surface area (Å²) in [6, 6.07) is 7.99. The Kier molecular flexibility index (Phi) is 6.05. The maximum Gasteiger partial charge on any atom is 0.407 e. The van der Waals surface area contributed by atoms with Crippen molar-refractivity contribution >= 4 is 28.7 Å². The first kappa shape index (κ1) is 24.6. The lowest BCUT2D eigenvalue weighted by Gasteiger charge is -2.29. The molecule has 9 nitrogen and oxygen atoms in total. The molecular formula is C27H28FN3O6. The number of alkyl carbamates (subject to hydrolysis) is 1. The number of rotatable bonds is 4. The topological polar surface area (TPSA) is 99.1 Å². The number of halogens is 1. The number of esters is 1. The van der Waals surface area contributed by atoms with Crippen LogP contribution in [0.25, 0.3) is 16.6 Å². The lowest BCUT2D eigenvalue weighted by molar-refractivity contribution is 0.0503. The summed E-state index contributed by atoms with van der Waals surface area (Å²) in [4.78, 5) is 39.9. The van der Waals surface area contributed by atoms with Gasteiger partial charge in [0.1, 0.15) is 22.4 Å². The molecule has 1 aromatic heterocycles. The second-order valence-corrected chi connectivity index (χ2v) is 10.0. The minimum absolute atomic E-state index is 0.0129. The number of hydrogen-bond acceptors (Lipinski definition) is 7. The number of carbonyl (C=O) groups excluding carboxylic acids is 2. The normalized spacial score (nSPS) is 16.2. The molecule has 1 saturated heterocycles. The lowest BCUT2D eigenvalue weighted by atomic mass is 10.1. The number of para-hydroxylation sites is 2. The van der Waals surface area contributed by atoms with Gasteiger partial charge >= 0.3 is 12.1 Å². The first-order valence-corrected chi connectivity index (χ1v) is 12.2. The summed E-state index contributed by atoms with van der Waals surface area (Å²) in [6.45, 7) is 7.87. The molecule has 1 fully saturated rings. The van der Waals surface area contributed by atoms with Crippen LogP contribution in [-0.2, 0) is 9.47 Å². The summed E-state index contributed by atoms with van der Waals surface area (Å²) in [7, 11) is 0. The van der Waals surface area contributed by atoms with E-state index in [1.165, 1.54) is 6.20 Å². The zero-order valence-corrected chi connectivity index (χ0v) is 21.1. The summed E-state index contributed by atoms with van der Waals surface area (Å²) in [6.07, 6.45) is 1.46. The molecule has 2 aromatic carbocycles. The van der Waals surface area contributed by atoms with Gasteiger partial charge in [-0.2, -0.15) is 0 Å². The smallest absolute Gasteiger partial charge is 0.407 e. The van der Waals surface area contributed by atoms with E-state index in [9.17, 15) is 14.4 Å². The Hall–Kier alpha value is -4.08. The third-order valence-electron chi connectivity index (χ3n) is 6.23. The maximum atomic E-state index is 15.7. The van der Waals surface area contributed by atoms with Crippen LogP contribution in [0.15, 0.2) is 41.3 Å². The van der Waals surface area contributed by atoms with E-state index >= 15 is 4.39 Å². The molecular weight excluding hydrogens is 481 g/mol. The SMILES string of the molecule is CCOC(=O)c1cn2c3c(c(N4CCC(NC(=O)OC(C)(C)C)C4)c(F)cc3c1=O)Oc1ccccc1-2. The summed E-state index contributed by atoms with van der Waals surface area (Å²) < 4.78 is 34.0. The highest BCUT2D eigenvalue weighted by Gasteiger charge is 2.34. The summed E-state index contributed by atoms with van der Waals surface area (Å²) >= 11 is 0. The molecule has 0 spiro atoms. The number of benzene rings is 2. The fourth-order valence-electron chi connectivity index (χ4n) is 4.76. The first-order chi connectivity index (χ1) is 17.6. The van der Waals surface area contributed by atoms with Crippen molar-refractivity contribution < 1.29 is 28.2 Å². The standard InChI is InChI=1S/C27H28FN3O6/c1-5-35-25(33)17-14-31-19-8-6-7-9-20(19)36-24-21(31)16(23(17)32)12-18(28)22(24)30-11-10-15(13-30)29-26(34)37-27(2,3)4/h6-9,12,14-15H,5,10-11,13H2,1-4H3,(H,29,34). The minimum Gasteiger partial charge on any atom is -0.462 e. The van der Waals surface area contributed by atoms with E-state index in [-0.39, 0.29) is 35.0 Å². The van der Waals surface area contributed by atoms with Gasteiger partial charge in [0.2, 0.25) is 5.43 Å². The van der Waals surface area contributed by atoms with Gasteiger partial charge < -0.3 is 29.0 Å². The van der Waals surface area contributed by atoms with Crippen LogP contribution >= 0.6 is 0 Å². The Morgan fingerprint density at radius 2 is 2.00 bits per heavy atom. The molecule has 1 amide bonds. The van der Waals surface area contributed by atoms with Gasteiger partial charge in [0.25, 0.3) is 0 Å². The molecule has 2 aliphatic heterocycles. The molecule has 3 heterocycles. The number of aromatic nitrogens is 1. The van der Waals surface area contributed by atoms with E-state index in [2.05, 4.69) is 5.32 Å². The fourth-order valence-corrected chi connectivity index (χ4v) is 4.76. The largest absolute Gasteiger partial charge is 0.462 e. The monoisotopic (exact) mass is 509 g/mol. The highest BCUT2D eigenvalue weighted by atomic mass is 19.1. The van der Waals surface area contributed by atoms with Crippen LogP contribution in [0.2, 0.25) is 0 Å². The summed E-state index contributed by atoms with van der Waals surface area (Å²) in [5.74, 6) is -0.809. The number of hydrogen-bond donors (Lipinski definition) is 1. The number of fused-ring (bicyclic) bond motifs is 2. The first-order valence-electron chi connectivity index (χ1n) is 12.2. The Labute approximate surface area is 212 Å². The Bertz CT molecular complexity index is 1480. The van der Waals surface area contributed by atoms with Crippen LogP contribution < -0.4 is 20.4 Å². The van der Waals surface area contributed by atoms with Crippen molar-refractivity contribution in [2.45, 2.75) is 45.8 Å². The molecule has 3 aromatic rings. The fraction of sp³-hybridized carbons (Fsp3) is 0.370. The molecule has 1 N–H and O–H groups in total. The van der Waals surface area contributed by atoms with E-state index in [0.29, 0.717) is 36.5 Å². The van der Waals surface area contributed by atoms with Crippen LogP contribution in [0, 0.1) is 5.82 Å². The molecule has 37 heavy (non-hydrogen) atoms. The highest BCUT2D eigenvalue weighted by molar-refractivity contribution is 5.99. The van der Waals surface area contributed by atoms with Crippen LogP contribution in [0.3, 0.4) is 0 Å². The second kappa shape index (κ2) is 9.10. The number of amides is 1. The predicted molar refractivity (Wildman–Crippen MR) is 136 cm³/mol. The van der Waals surface area contributed by atoms with Gasteiger partial charge in [0.15, 0.2) is 17.3 Å². The Morgan fingerprint density at radius 3 is 2.73 bits per heavy atom. The number of carbonyl (C=O) groups is 2. The van der Waals surface area contributed by atoms with Crippen molar-refractivity contribution in [3.63, 3.8) is 0 Å². The van der Waals surface area contributed by atoms with E-state index in [1.54, 1.807) is 61.4 Å². The van der Waals surface area contributed by atoms with E-state index in [0.717, 1.165) is 6.07 Å². The van der Waals surface area contributed by atoms with Gasteiger partial charge in [-0.05, 0) is 52.3 Å². The van der Waals surface area contributed by atoms with Gasteiger partial charge in [-0.15, -0.1) is 0 Å². The van der Waals surface area contributed by atoms with E-state index < -0.39 is 28.9 Å². The molecule has 5 rings (SSSR count). The quantitative estimate of drug-likeness (QED) is 0.404. The molecule has 1 atom stereocenters. The third kappa shape index (κ3) is 4.47. The van der Waals surface area contributed by atoms with E-state index in [1.807, 2.05) is 0 Å². The van der Waals surface area contributed by atoms with Crippen LogP contribution in [0.4, 0.5) is 14.9 Å². The number of ether oxygens (including phenoxy) is 3. The van der Waals surface area contributed by atoms with Crippen molar-refractivity contribution in [1.29, 1.82) is 0 Å². The summed E-state index contributed by atoms with van der Waals surface area (Å²) in [5, 5.41) is 2.85. The lowest BCUT2D eigenvalue weighted by Crippen LogP contribution is -2.40. The average Bonchev–Trinajstić information content (AvgIpc) is 3.27. The zero-order valence-electron chi connectivity index (χ0n) is 21.1. The van der Waals surface area contributed by atoms with Gasteiger partial charge in [-0.1, -0.05) is 12.1 Å². The molecule has 0 saturated carbocycles. The second-order valence-electron chi connectivity index (χ2n) is 10.0. The number of nitrogens with one attached hydrogen (secondary N) is 1. The average molecular weight is 510 g/mol. The molecule has 194 valence electrons. The Morgan fingerprint density at radius 1 is 1.24 bits per heavy atom. The number of pyridine rings is 1. The molecule has 1 unspecified atom stereocenters. The van der Waals surface area contributed by atoms with Crippen molar-refractivity contribution in [3.05, 3.63) is 58.1 Å². The Balaban J connectivity index is 1.60. The maximum absolute atomic E-state index is 15.7. The number of nitrogens with zero attached hydrogens (tertiary/aromatic N) is 2. The zero-order chi connectivity index (χ0) is 26.5. The number of anilines is 1. The minimum atomic E-state index is -0.774.